The van der Waals surface area contributed by atoms with Gasteiger partial charge in [-0.2, -0.15) is 0 Å². The van der Waals surface area contributed by atoms with Crippen molar-refractivity contribution in [3.63, 3.8) is 0 Å². The summed E-state index contributed by atoms with van der Waals surface area (Å²) in [4.78, 5) is 40.3. The molecular formula is C31H25NO5. The topological polar surface area (TPSA) is 83.9 Å². The predicted octanol–water partition coefficient (Wildman–Crippen LogP) is 6.03. The number of esters is 1. The predicted molar refractivity (Wildman–Crippen MR) is 142 cm³/mol. The molecule has 1 unspecified atom stereocenters. The maximum atomic E-state index is 13.4. The number of carbonyl (C=O) groups excluding carboxylic acids is 3. The number of nitrogens with zero attached hydrogens (tertiary/aromatic N) is 1. The summed E-state index contributed by atoms with van der Waals surface area (Å²) in [6.45, 7) is 2.23. The average Bonchev–Trinajstić information content (AvgIpc) is 3.21. The summed E-state index contributed by atoms with van der Waals surface area (Å²) in [5, 5.41) is 13.3. The number of fused-ring (bicyclic) bond motifs is 1. The number of aliphatic hydroxyl groups excluding tert-OH is 1. The highest BCUT2D eigenvalue weighted by atomic mass is 16.5. The monoisotopic (exact) mass is 491 g/mol. The minimum atomic E-state index is -0.842. The summed E-state index contributed by atoms with van der Waals surface area (Å²) in [6, 6.07) is 27.7. The number of ketones is 1. The number of hydrogen-bond acceptors (Lipinski definition) is 5. The Kier molecular flexibility index (Phi) is 6.56. The molecule has 184 valence electrons. The van der Waals surface area contributed by atoms with Crippen LogP contribution in [0.3, 0.4) is 0 Å². The molecule has 0 saturated carbocycles. The van der Waals surface area contributed by atoms with Gasteiger partial charge in [0, 0.05) is 11.3 Å². The molecule has 1 N–H and O–H groups in total. The number of aliphatic hydroxyl groups is 1. The van der Waals surface area contributed by atoms with Crippen LogP contribution in [0.25, 0.3) is 16.5 Å². The fourth-order valence-electron chi connectivity index (χ4n) is 4.58. The van der Waals surface area contributed by atoms with Crippen molar-refractivity contribution in [3.05, 3.63) is 119 Å². The zero-order valence-corrected chi connectivity index (χ0v) is 20.3. The molecule has 6 heteroatoms. The van der Waals surface area contributed by atoms with Crippen molar-refractivity contribution in [3.8, 4) is 0 Å². The second kappa shape index (κ2) is 10.1. The van der Waals surface area contributed by atoms with Crippen LogP contribution in [0.1, 0.15) is 40.9 Å². The van der Waals surface area contributed by atoms with Gasteiger partial charge in [-0.15, -0.1) is 0 Å². The molecule has 0 aromatic heterocycles. The summed E-state index contributed by atoms with van der Waals surface area (Å²) in [7, 11) is 0. The maximum absolute atomic E-state index is 13.4. The van der Waals surface area contributed by atoms with E-state index < -0.39 is 23.7 Å². The summed E-state index contributed by atoms with van der Waals surface area (Å²) in [5.74, 6) is -2.21. The third-order valence-corrected chi connectivity index (χ3v) is 6.40. The van der Waals surface area contributed by atoms with Crippen LogP contribution in [0.2, 0.25) is 0 Å². The van der Waals surface area contributed by atoms with Gasteiger partial charge in [-0.25, -0.2) is 4.79 Å². The Morgan fingerprint density at radius 2 is 1.49 bits per heavy atom. The van der Waals surface area contributed by atoms with Crippen molar-refractivity contribution in [2.24, 2.45) is 0 Å². The van der Waals surface area contributed by atoms with Crippen LogP contribution in [-0.2, 0) is 14.3 Å². The van der Waals surface area contributed by atoms with Gasteiger partial charge in [0.1, 0.15) is 5.76 Å². The number of rotatable bonds is 6. The van der Waals surface area contributed by atoms with E-state index in [0.29, 0.717) is 35.4 Å². The van der Waals surface area contributed by atoms with Gasteiger partial charge in [-0.1, -0.05) is 73.7 Å². The van der Waals surface area contributed by atoms with Crippen LogP contribution >= 0.6 is 0 Å². The lowest BCUT2D eigenvalue weighted by Gasteiger charge is -2.25. The number of benzene rings is 4. The van der Waals surface area contributed by atoms with E-state index in [-0.39, 0.29) is 11.3 Å². The standard InChI is InChI=1S/C31H25NO5/c1-2-18-37-31(36)22-14-16-25(17-15-22)32-27(21-9-4-3-5-10-21)26(29(34)30(32)35)28(33)24-13-12-20-8-6-7-11-23(20)19-24/h3-17,19,27,33H,2,18H2,1H3/b28-26-. The number of Topliss-reactive ketones (excluding diaryl/α,β-unsaturated/α-hetero) is 1. The fraction of sp³-hybridized carbons (Fsp3) is 0.129. The number of hydrogen-bond donors (Lipinski definition) is 1. The van der Waals surface area contributed by atoms with Crippen molar-refractivity contribution in [2.75, 3.05) is 11.5 Å². The first-order valence-corrected chi connectivity index (χ1v) is 12.1. The van der Waals surface area contributed by atoms with E-state index in [1.54, 1.807) is 36.4 Å². The molecule has 0 spiro atoms. The lowest BCUT2D eigenvalue weighted by Crippen LogP contribution is -2.29. The molecule has 1 saturated heterocycles. The smallest absolute Gasteiger partial charge is 0.338 e. The molecule has 1 atom stereocenters. The molecule has 37 heavy (non-hydrogen) atoms. The molecule has 5 rings (SSSR count). The number of amides is 1. The van der Waals surface area contributed by atoms with E-state index in [2.05, 4.69) is 0 Å². The molecule has 4 aromatic carbocycles. The van der Waals surface area contributed by atoms with E-state index in [0.717, 1.165) is 10.8 Å². The van der Waals surface area contributed by atoms with Crippen LogP contribution in [-0.4, -0.2) is 29.4 Å². The normalized spacial score (nSPS) is 16.8. The molecule has 1 fully saturated rings. The number of anilines is 1. The molecule has 1 aliphatic heterocycles. The van der Waals surface area contributed by atoms with Crippen molar-refractivity contribution in [2.45, 2.75) is 19.4 Å². The Bertz CT molecular complexity index is 1520. The summed E-state index contributed by atoms with van der Waals surface area (Å²) in [5.41, 5.74) is 1.92. The molecule has 1 amide bonds. The molecule has 1 heterocycles. The first-order valence-electron chi connectivity index (χ1n) is 12.1. The van der Waals surface area contributed by atoms with Crippen LogP contribution in [0, 0.1) is 0 Å². The highest BCUT2D eigenvalue weighted by Gasteiger charge is 2.46. The highest BCUT2D eigenvalue weighted by Crippen LogP contribution is 2.42. The van der Waals surface area contributed by atoms with Crippen LogP contribution in [0.5, 0.6) is 0 Å². The van der Waals surface area contributed by atoms with Gasteiger partial charge in [0.15, 0.2) is 0 Å². The minimum absolute atomic E-state index is 0.0120. The molecular weight excluding hydrogens is 466 g/mol. The summed E-state index contributed by atoms with van der Waals surface area (Å²) < 4.78 is 5.19. The van der Waals surface area contributed by atoms with Gasteiger partial charge in [-0.3, -0.25) is 14.5 Å². The largest absolute Gasteiger partial charge is 0.507 e. The number of ether oxygens (including phenoxy) is 1. The van der Waals surface area contributed by atoms with Crippen LogP contribution in [0.15, 0.2) is 103 Å². The third kappa shape index (κ3) is 4.49. The Morgan fingerprint density at radius 1 is 0.838 bits per heavy atom. The summed E-state index contributed by atoms with van der Waals surface area (Å²) >= 11 is 0. The highest BCUT2D eigenvalue weighted by molar-refractivity contribution is 6.51. The van der Waals surface area contributed by atoms with Crippen molar-refractivity contribution < 1.29 is 24.2 Å². The second-order valence-corrected chi connectivity index (χ2v) is 8.82. The molecule has 0 radical (unpaired) electrons. The number of carbonyl (C=O) groups is 3. The van der Waals surface area contributed by atoms with Crippen LogP contribution < -0.4 is 4.90 Å². The quantitative estimate of drug-likeness (QED) is 0.154. The van der Waals surface area contributed by atoms with Crippen molar-refractivity contribution >= 4 is 39.9 Å². The van der Waals surface area contributed by atoms with E-state index in [1.807, 2.05) is 67.6 Å². The Labute approximate surface area is 214 Å². The zero-order valence-electron chi connectivity index (χ0n) is 20.3. The first kappa shape index (κ1) is 24.0. The van der Waals surface area contributed by atoms with Crippen molar-refractivity contribution in [1.82, 2.24) is 0 Å². The SMILES string of the molecule is CCCOC(=O)c1ccc(N2C(=O)C(=O)/C(=C(\O)c3ccc4ccccc4c3)C2c2ccccc2)cc1. The fourth-order valence-corrected chi connectivity index (χ4v) is 4.58. The molecule has 0 bridgehead atoms. The zero-order chi connectivity index (χ0) is 25.9. The molecule has 4 aromatic rings. The van der Waals surface area contributed by atoms with Gasteiger partial charge in [0.25, 0.3) is 11.7 Å². The van der Waals surface area contributed by atoms with E-state index in [9.17, 15) is 19.5 Å². The molecule has 0 aliphatic carbocycles. The average molecular weight is 492 g/mol. The van der Waals surface area contributed by atoms with Gasteiger partial charge in [0.2, 0.25) is 0 Å². The van der Waals surface area contributed by atoms with Gasteiger partial charge in [0.05, 0.1) is 23.8 Å². The van der Waals surface area contributed by atoms with E-state index in [4.69, 9.17) is 4.74 Å². The second-order valence-electron chi connectivity index (χ2n) is 8.82. The van der Waals surface area contributed by atoms with E-state index >= 15 is 0 Å². The molecule has 1 aliphatic rings. The maximum Gasteiger partial charge on any atom is 0.338 e. The molecule has 6 nitrogen and oxygen atoms in total. The van der Waals surface area contributed by atoms with Gasteiger partial charge >= 0.3 is 5.97 Å². The summed E-state index contributed by atoms with van der Waals surface area (Å²) in [6.07, 6.45) is 0.711. The van der Waals surface area contributed by atoms with Crippen molar-refractivity contribution in [1.29, 1.82) is 0 Å². The third-order valence-electron chi connectivity index (χ3n) is 6.40. The van der Waals surface area contributed by atoms with Crippen LogP contribution in [0.4, 0.5) is 5.69 Å². The Morgan fingerprint density at radius 3 is 2.19 bits per heavy atom. The van der Waals surface area contributed by atoms with Gasteiger partial charge < -0.3 is 9.84 Å². The lowest BCUT2D eigenvalue weighted by molar-refractivity contribution is -0.132. The van der Waals surface area contributed by atoms with E-state index in [1.165, 1.54) is 4.90 Å². The van der Waals surface area contributed by atoms with Gasteiger partial charge in [-0.05, 0) is 53.1 Å². The lowest BCUT2D eigenvalue weighted by atomic mass is 9.94. The Hall–Kier alpha value is -4.71. The minimum Gasteiger partial charge on any atom is -0.507 e. The first-order chi connectivity index (χ1) is 18.0. The Balaban J connectivity index is 1.61.